The molecule has 0 spiro atoms. The molecule has 0 unspecified atom stereocenters. The summed E-state index contributed by atoms with van der Waals surface area (Å²) < 4.78 is 10.7. The van der Waals surface area contributed by atoms with Crippen LogP contribution in [-0.2, 0) is 4.74 Å². The number of anilines is 1. The molecule has 1 saturated heterocycles. The number of hydrogen-bond acceptors (Lipinski definition) is 5. The number of aromatic nitrogens is 1. The van der Waals surface area contributed by atoms with Crippen molar-refractivity contribution in [3.8, 4) is 5.75 Å². The Balaban J connectivity index is 1.59. The molecule has 0 radical (unpaired) electrons. The lowest BCUT2D eigenvalue weighted by Gasteiger charge is -2.23. The van der Waals surface area contributed by atoms with Gasteiger partial charge in [0.05, 0.1) is 12.8 Å². The second-order valence-electron chi connectivity index (χ2n) is 7.07. The molecule has 7 nitrogen and oxygen atoms in total. The Hall–Kier alpha value is -3.45. The molecule has 1 aliphatic rings. The smallest absolute Gasteiger partial charge is 0.272 e. The Morgan fingerprint density at radius 1 is 1.00 bits per heavy atom. The van der Waals surface area contributed by atoms with Crippen LogP contribution in [0.25, 0.3) is 10.8 Å². The lowest BCUT2D eigenvalue weighted by molar-refractivity contribution is 0.0694. The van der Waals surface area contributed by atoms with Gasteiger partial charge in [-0.15, -0.1) is 0 Å². The van der Waals surface area contributed by atoms with Gasteiger partial charge in [0, 0.05) is 36.4 Å². The van der Waals surface area contributed by atoms with Crippen molar-refractivity contribution in [3.63, 3.8) is 0 Å². The quantitative estimate of drug-likeness (QED) is 0.679. The summed E-state index contributed by atoms with van der Waals surface area (Å²) in [6, 6.07) is 14.4. The highest BCUT2D eigenvalue weighted by Gasteiger charge is 2.21. The summed E-state index contributed by atoms with van der Waals surface area (Å²) >= 11 is 0. The van der Waals surface area contributed by atoms with Crippen LogP contribution in [-0.4, -0.2) is 43.2 Å². The molecule has 4 rings (SSSR count). The van der Waals surface area contributed by atoms with Crippen LogP contribution in [0.1, 0.15) is 33.7 Å². The van der Waals surface area contributed by atoms with Crippen LogP contribution in [0.4, 0.5) is 5.69 Å². The SMILES string of the molecule is COc1ccc(C(=O)Nc2cccnc2C(=O)NC2CCOCC2)c2ccccc12. The number of methoxy groups -OCH3 is 1. The molecule has 1 fully saturated rings. The maximum Gasteiger partial charge on any atom is 0.272 e. The Kier molecular flexibility index (Phi) is 5.90. The molecule has 0 saturated carbocycles. The minimum atomic E-state index is -0.318. The Labute approximate surface area is 174 Å². The fourth-order valence-corrected chi connectivity index (χ4v) is 3.62. The predicted octanol–water partition coefficient (Wildman–Crippen LogP) is 3.40. The molecule has 2 heterocycles. The summed E-state index contributed by atoms with van der Waals surface area (Å²) in [6.07, 6.45) is 3.06. The third-order valence-corrected chi connectivity index (χ3v) is 5.18. The summed E-state index contributed by atoms with van der Waals surface area (Å²) in [5.74, 6) is 0.0689. The van der Waals surface area contributed by atoms with E-state index in [9.17, 15) is 9.59 Å². The van der Waals surface area contributed by atoms with E-state index in [-0.39, 0.29) is 23.6 Å². The zero-order valence-corrected chi connectivity index (χ0v) is 16.7. The second kappa shape index (κ2) is 8.92. The van der Waals surface area contributed by atoms with E-state index in [2.05, 4.69) is 15.6 Å². The van der Waals surface area contributed by atoms with Gasteiger partial charge >= 0.3 is 0 Å². The fraction of sp³-hybridized carbons (Fsp3) is 0.261. The third-order valence-electron chi connectivity index (χ3n) is 5.18. The Bertz CT molecular complexity index is 1080. The largest absolute Gasteiger partial charge is 0.496 e. The predicted molar refractivity (Wildman–Crippen MR) is 114 cm³/mol. The van der Waals surface area contributed by atoms with E-state index < -0.39 is 0 Å². The van der Waals surface area contributed by atoms with E-state index in [1.165, 1.54) is 6.20 Å². The fourth-order valence-electron chi connectivity index (χ4n) is 3.62. The molecular formula is C23H23N3O4. The molecule has 0 aliphatic carbocycles. The van der Waals surface area contributed by atoms with Crippen molar-refractivity contribution in [1.29, 1.82) is 0 Å². The first-order valence-electron chi connectivity index (χ1n) is 9.88. The second-order valence-corrected chi connectivity index (χ2v) is 7.07. The summed E-state index contributed by atoms with van der Waals surface area (Å²) in [7, 11) is 1.60. The number of fused-ring (bicyclic) bond motifs is 1. The standard InChI is InChI=1S/C23H23N3O4/c1-29-20-9-8-18(16-5-2-3-6-17(16)20)22(27)26-19-7-4-12-24-21(19)23(28)25-15-10-13-30-14-11-15/h2-9,12,15H,10-11,13-14H2,1H3,(H,25,28)(H,26,27). The van der Waals surface area contributed by atoms with E-state index in [4.69, 9.17) is 9.47 Å². The normalized spacial score (nSPS) is 14.3. The number of pyridine rings is 1. The van der Waals surface area contributed by atoms with E-state index in [1.807, 2.05) is 24.3 Å². The van der Waals surface area contributed by atoms with Crippen LogP contribution in [0.2, 0.25) is 0 Å². The van der Waals surface area contributed by atoms with Gasteiger partial charge in [0.1, 0.15) is 5.75 Å². The first-order chi connectivity index (χ1) is 14.7. The first-order valence-corrected chi connectivity index (χ1v) is 9.88. The van der Waals surface area contributed by atoms with Crippen molar-refractivity contribution in [1.82, 2.24) is 10.3 Å². The summed E-state index contributed by atoms with van der Waals surface area (Å²) in [6.45, 7) is 1.25. The van der Waals surface area contributed by atoms with Gasteiger partial charge in [-0.25, -0.2) is 4.98 Å². The van der Waals surface area contributed by atoms with E-state index in [0.29, 0.717) is 30.2 Å². The molecule has 2 amide bonds. The lowest BCUT2D eigenvalue weighted by atomic mass is 10.0. The van der Waals surface area contributed by atoms with Crippen molar-refractivity contribution < 1.29 is 19.1 Å². The first kappa shape index (κ1) is 19.8. The van der Waals surface area contributed by atoms with Crippen LogP contribution in [0, 0.1) is 0 Å². The number of nitrogens with one attached hydrogen (secondary N) is 2. The zero-order valence-electron chi connectivity index (χ0n) is 16.7. The summed E-state index contributed by atoms with van der Waals surface area (Å²) in [5.41, 5.74) is 1.05. The van der Waals surface area contributed by atoms with E-state index >= 15 is 0 Å². The van der Waals surface area contributed by atoms with Gasteiger partial charge in [0.2, 0.25) is 0 Å². The number of carbonyl (C=O) groups is 2. The highest BCUT2D eigenvalue weighted by atomic mass is 16.5. The number of rotatable bonds is 5. The van der Waals surface area contributed by atoms with Gasteiger partial charge in [-0.1, -0.05) is 24.3 Å². The van der Waals surface area contributed by atoms with Gasteiger partial charge in [-0.05, 0) is 42.5 Å². The van der Waals surface area contributed by atoms with Crippen LogP contribution in [0.15, 0.2) is 54.7 Å². The van der Waals surface area contributed by atoms with Crippen molar-refractivity contribution >= 4 is 28.3 Å². The Morgan fingerprint density at radius 2 is 1.77 bits per heavy atom. The molecule has 0 atom stereocenters. The molecule has 1 aliphatic heterocycles. The number of hydrogen-bond donors (Lipinski definition) is 2. The summed E-state index contributed by atoms with van der Waals surface area (Å²) in [5, 5.41) is 7.44. The highest BCUT2D eigenvalue weighted by Crippen LogP contribution is 2.29. The van der Waals surface area contributed by atoms with Crippen molar-refractivity contribution in [2.45, 2.75) is 18.9 Å². The highest BCUT2D eigenvalue weighted by molar-refractivity contribution is 6.15. The minimum absolute atomic E-state index is 0.0438. The van der Waals surface area contributed by atoms with Gasteiger partial charge < -0.3 is 20.1 Å². The maximum absolute atomic E-state index is 13.1. The molecule has 30 heavy (non-hydrogen) atoms. The van der Waals surface area contributed by atoms with Crippen LogP contribution < -0.4 is 15.4 Å². The van der Waals surface area contributed by atoms with Crippen molar-refractivity contribution in [2.24, 2.45) is 0 Å². The zero-order chi connectivity index (χ0) is 20.9. The molecule has 154 valence electrons. The molecule has 1 aromatic heterocycles. The number of amides is 2. The maximum atomic E-state index is 13.1. The molecule has 2 aromatic carbocycles. The topological polar surface area (TPSA) is 89.5 Å². The van der Waals surface area contributed by atoms with Crippen molar-refractivity contribution in [3.05, 3.63) is 66.0 Å². The third kappa shape index (κ3) is 4.11. The van der Waals surface area contributed by atoms with Crippen molar-refractivity contribution in [2.75, 3.05) is 25.6 Å². The van der Waals surface area contributed by atoms with Gasteiger partial charge in [0.25, 0.3) is 11.8 Å². The molecule has 0 bridgehead atoms. The van der Waals surface area contributed by atoms with Crippen LogP contribution >= 0.6 is 0 Å². The number of benzene rings is 2. The van der Waals surface area contributed by atoms with E-state index in [0.717, 1.165) is 23.6 Å². The van der Waals surface area contributed by atoms with E-state index in [1.54, 1.807) is 31.4 Å². The molecule has 2 N–H and O–H groups in total. The monoisotopic (exact) mass is 405 g/mol. The van der Waals surface area contributed by atoms with Gasteiger partial charge in [-0.2, -0.15) is 0 Å². The van der Waals surface area contributed by atoms with Crippen LogP contribution in [0.5, 0.6) is 5.75 Å². The summed E-state index contributed by atoms with van der Waals surface area (Å²) in [4.78, 5) is 30.0. The van der Waals surface area contributed by atoms with Gasteiger partial charge in [-0.3, -0.25) is 9.59 Å². The average Bonchev–Trinajstić information content (AvgIpc) is 2.79. The number of nitrogens with zero attached hydrogens (tertiary/aromatic N) is 1. The lowest BCUT2D eigenvalue weighted by Crippen LogP contribution is -2.39. The molecular weight excluding hydrogens is 382 g/mol. The number of carbonyl (C=O) groups excluding carboxylic acids is 2. The average molecular weight is 405 g/mol. The minimum Gasteiger partial charge on any atom is -0.496 e. The number of ether oxygens (including phenoxy) is 2. The van der Waals surface area contributed by atoms with Crippen LogP contribution in [0.3, 0.4) is 0 Å². The molecule has 7 heteroatoms. The molecule has 3 aromatic rings. The Morgan fingerprint density at radius 3 is 2.53 bits per heavy atom. The van der Waals surface area contributed by atoms with Gasteiger partial charge in [0.15, 0.2) is 5.69 Å².